The number of carbonyl (C=O) groups excluding carboxylic acids is 2. The summed E-state index contributed by atoms with van der Waals surface area (Å²) in [6, 6.07) is 20.5. The lowest BCUT2D eigenvalue weighted by atomic mass is 9.81. The van der Waals surface area contributed by atoms with E-state index in [1.165, 1.54) is 36.4 Å². The molecule has 1 aliphatic heterocycles. The molecule has 192 valence electrons. The molecule has 3 aromatic rings. The number of anilines is 1. The van der Waals surface area contributed by atoms with Gasteiger partial charge in [0, 0.05) is 11.1 Å². The molecule has 1 unspecified atom stereocenters. The third-order valence-electron chi connectivity index (χ3n) is 5.80. The summed E-state index contributed by atoms with van der Waals surface area (Å²) >= 11 is 6.31. The van der Waals surface area contributed by atoms with Crippen LogP contribution in [0, 0.1) is 17.1 Å². The fourth-order valence-corrected chi connectivity index (χ4v) is 4.34. The molecule has 0 amide bonds. The van der Waals surface area contributed by atoms with Gasteiger partial charge in [0.05, 0.1) is 43.0 Å². The Morgan fingerprint density at radius 3 is 2.34 bits per heavy atom. The van der Waals surface area contributed by atoms with Crippen molar-refractivity contribution in [2.75, 3.05) is 19.1 Å². The lowest BCUT2D eigenvalue weighted by Crippen LogP contribution is -2.40. The van der Waals surface area contributed by atoms with E-state index in [2.05, 4.69) is 6.07 Å². The number of allylic oxidation sites excluding steroid dienone is 1. The van der Waals surface area contributed by atoms with Crippen LogP contribution in [-0.4, -0.2) is 26.2 Å². The molecule has 1 atom stereocenters. The molecule has 0 bridgehead atoms. The maximum atomic E-state index is 13.9. The van der Waals surface area contributed by atoms with Crippen LogP contribution in [0.1, 0.15) is 11.5 Å². The van der Waals surface area contributed by atoms with Gasteiger partial charge in [0.25, 0.3) is 0 Å². The molecule has 0 spiro atoms. The van der Waals surface area contributed by atoms with Crippen molar-refractivity contribution in [1.82, 2.24) is 0 Å². The number of carbonyl (C=O) groups is 2. The van der Waals surface area contributed by atoms with Gasteiger partial charge in [-0.25, -0.2) is 14.0 Å². The highest BCUT2D eigenvalue weighted by Gasteiger charge is 2.43. The van der Waals surface area contributed by atoms with E-state index < -0.39 is 23.7 Å². The van der Waals surface area contributed by atoms with E-state index in [1.807, 2.05) is 0 Å². The fourth-order valence-electron chi connectivity index (χ4n) is 4.17. The first kappa shape index (κ1) is 26.3. The zero-order valence-electron chi connectivity index (χ0n) is 20.3. The van der Waals surface area contributed by atoms with Crippen LogP contribution in [0.5, 0.6) is 11.5 Å². The monoisotopic (exact) mass is 533 g/mol. The highest BCUT2D eigenvalue weighted by atomic mass is 35.5. The van der Waals surface area contributed by atoms with Crippen LogP contribution in [0.25, 0.3) is 0 Å². The van der Waals surface area contributed by atoms with Crippen LogP contribution in [0.2, 0.25) is 5.02 Å². The predicted octanol–water partition coefficient (Wildman–Crippen LogP) is 5.17. The molecule has 0 fully saturated rings. The van der Waals surface area contributed by atoms with E-state index >= 15 is 0 Å². The Bertz CT molecular complexity index is 1510. The van der Waals surface area contributed by atoms with Gasteiger partial charge in [-0.15, -0.1) is 0 Å². The molecule has 0 aromatic heterocycles. The molecule has 3 aromatic carbocycles. The zero-order chi connectivity index (χ0) is 27.4. The Labute approximate surface area is 222 Å². The largest absolute Gasteiger partial charge is 0.466 e. The second-order valence-corrected chi connectivity index (χ2v) is 8.44. The Kier molecular flexibility index (Phi) is 7.65. The van der Waals surface area contributed by atoms with Gasteiger partial charge in [-0.05, 0) is 35.9 Å². The number of esters is 2. The van der Waals surface area contributed by atoms with Crippen LogP contribution in [0.15, 0.2) is 95.5 Å². The molecule has 0 saturated carbocycles. The standard InChI is InChI=1S/C28H21ClFN3O5/c1-36-27(34)24-23(16-7-4-3-5-8-16)20(15-31)26(32)33(25(24)28(35)37-2)21-13-17(29)11-12-22(21)38-19-10-6-9-18(30)14-19/h3-14,23H,32H2,1-2H3. The minimum atomic E-state index is -1.04. The summed E-state index contributed by atoms with van der Waals surface area (Å²) in [4.78, 5) is 27.7. The molecule has 1 aliphatic rings. The Morgan fingerprint density at radius 1 is 1.00 bits per heavy atom. The second-order valence-electron chi connectivity index (χ2n) is 8.01. The third kappa shape index (κ3) is 4.90. The van der Waals surface area contributed by atoms with E-state index in [9.17, 15) is 19.2 Å². The molecule has 1 heterocycles. The number of hydrogen-bond donors (Lipinski definition) is 1. The summed E-state index contributed by atoms with van der Waals surface area (Å²) in [5.41, 5.74) is 6.67. The van der Waals surface area contributed by atoms with Crippen molar-refractivity contribution < 1.29 is 28.2 Å². The minimum absolute atomic E-state index is 0.0269. The third-order valence-corrected chi connectivity index (χ3v) is 6.03. The van der Waals surface area contributed by atoms with Gasteiger partial charge in [0.2, 0.25) is 0 Å². The summed E-state index contributed by atoms with van der Waals surface area (Å²) in [5, 5.41) is 10.4. The van der Waals surface area contributed by atoms with Gasteiger partial charge >= 0.3 is 11.9 Å². The van der Waals surface area contributed by atoms with Crippen LogP contribution in [0.4, 0.5) is 10.1 Å². The predicted molar refractivity (Wildman–Crippen MR) is 137 cm³/mol. The van der Waals surface area contributed by atoms with Crippen molar-refractivity contribution in [2.45, 2.75) is 5.92 Å². The number of rotatable bonds is 6. The van der Waals surface area contributed by atoms with E-state index in [4.69, 9.17) is 31.5 Å². The van der Waals surface area contributed by atoms with Crippen molar-refractivity contribution in [3.63, 3.8) is 0 Å². The molecule has 38 heavy (non-hydrogen) atoms. The summed E-state index contributed by atoms with van der Waals surface area (Å²) in [6.07, 6.45) is 0. The average molecular weight is 534 g/mol. The molecule has 4 rings (SSSR count). The highest BCUT2D eigenvalue weighted by molar-refractivity contribution is 6.31. The highest BCUT2D eigenvalue weighted by Crippen LogP contribution is 2.46. The first-order valence-corrected chi connectivity index (χ1v) is 11.6. The van der Waals surface area contributed by atoms with Crippen molar-refractivity contribution >= 4 is 29.2 Å². The molecular formula is C28H21ClFN3O5. The normalized spacial score (nSPS) is 15.1. The van der Waals surface area contributed by atoms with Gasteiger partial charge in [0.1, 0.15) is 23.1 Å². The van der Waals surface area contributed by atoms with Gasteiger partial charge in [-0.1, -0.05) is 48.0 Å². The molecule has 0 radical (unpaired) electrons. The molecule has 10 heteroatoms. The van der Waals surface area contributed by atoms with Gasteiger partial charge in [-0.3, -0.25) is 4.90 Å². The fraction of sp³-hybridized carbons (Fsp3) is 0.107. The van der Waals surface area contributed by atoms with E-state index in [0.717, 1.165) is 25.2 Å². The second kappa shape index (κ2) is 11.1. The number of ether oxygens (including phenoxy) is 3. The van der Waals surface area contributed by atoms with Gasteiger partial charge < -0.3 is 19.9 Å². The number of methoxy groups -OCH3 is 2. The van der Waals surface area contributed by atoms with Crippen LogP contribution >= 0.6 is 11.6 Å². The average Bonchev–Trinajstić information content (AvgIpc) is 2.93. The minimum Gasteiger partial charge on any atom is -0.466 e. The quantitative estimate of drug-likeness (QED) is 0.432. The Balaban J connectivity index is 2.04. The summed E-state index contributed by atoms with van der Waals surface area (Å²) < 4.78 is 29.8. The van der Waals surface area contributed by atoms with E-state index in [1.54, 1.807) is 30.3 Å². The van der Waals surface area contributed by atoms with Crippen molar-refractivity contribution in [2.24, 2.45) is 5.73 Å². The van der Waals surface area contributed by atoms with Crippen LogP contribution in [-0.2, 0) is 19.1 Å². The zero-order valence-corrected chi connectivity index (χ0v) is 21.0. The summed E-state index contributed by atoms with van der Waals surface area (Å²) in [7, 11) is 2.30. The summed E-state index contributed by atoms with van der Waals surface area (Å²) in [6.45, 7) is 0. The van der Waals surface area contributed by atoms with Crippen molar-refractivity contribution in [1.29, 1.82) is 5.26 Å². The Morgan fingerprint density at radius 2 is 1.71 bits per heavy atom. The molecule has 2 N–H and O–H groups in total. The molecular weight excluding hydrogens is 513 g/mol. The summed E-state index contributed by atoms with van der Waals surface area (Å²) in [5.74, 6) is -3.29. The molecule has 8 nitrogen and oxygen atoms in total. The van der Waals surface area contributed by atoms with Crippen molar-refractivity contribution in [3.05, 3.63) is 112 Å². The smallest absolute Gasteiger partial charge is 0.355 e. The Hall–Kier alpha value is -4.81. The lowest BCUT2D eigenvalue weighted by molar-refractivity contribution is -0.139. The first-order valence-electron chi connectivity index (χ1n) is 11.2. The van der Waals surface area contributed by atoms with E-state index in [-0.39, 0.29) is 44.9 Å². The number of hydrogen-bond acceptors (Lipinski definition) is 8. The molecule has 0 saturated heterocycles. The number of nitriles is 1. The number of nitrogens with zero attached hydrogens (tertiary/aromatic N) is 2. The van der Waals surface area contributed by atoms with Crippen molar-refractivity contribution in [3.8, 4) is 17.6 Å². The maximum absolute atomic E-state index is 13.9. The molecule has 0 aliphatic carbocycles. The van der Waals surface area contributed by atoms with Gasteiger partial charge in [-0.2, -0.15) is 5.26 Å². The van der Waals surface area contributed by atoms with Crippen LogP contribution in [0.3, 0.4) is 0 Å². The number of benzene rings is 3. The number of halogens is 2. The SMILES string of the molecule is COC(=O)C1=C(C(=O)OC)N(c2cc(Cl)ccc2Oc2cccc(F)c2)C(N)=C(C#N)C1c1ccccc1. The maximum Gasteiger partial charge on any atom is 0.355 e. The lowest BCUT2D eigenvalue weighted by Gasteiger charge is -2.36. The first-order chi connectivity index (χ1) is 18.3. The van der Waals surface area contributed by atoms with Crippen LogP contribution < -0.4 is 15.4 Å². The number of nitrogens with two attached hydrogens (primary N) is 1. The van der Waals surface area contributed by atoms with Gasteiger partial charge in [0.15, 0.2) is 5.75 Å². The topological polar surface area (TPSA) is 115 Å². The van der Waals surface area contributed by atoms with E-state index in [0.29, 0.717) is 5.56 Å².